The number of carbonyl (C=O) groups is 8. The van der Waals surface area contributed by atoms with Crippen LogP contribution in [-0.2, 0) is 49.5 Å². The van der Waals surface area contributed by atoms with Crippen molar-refractivity contribution in [2.45, 2.75) is 187 Å². The first-order chi connectivity index (χ1) is 29.7. The molecule has 9 unspecified atom stereocenters. The van der Waals surface area contributed by atoms with Crippen LogP contribution in [0.3, 0.4) is 0 Å². The summed E-state index contributed by atoms with van der Waals surface area (Å²) in [5.74, 6) is -7.08. The SMILES string of the molecule is CCCCCCCCCCC(C)C1CC(=O)NC(C(C)O)C(=O)NC(C)C(=O)NC(C)C(=O)NC(CCC(N)=O)C(=O)NC(Cc2ccc(O)cc2)C(=O)NC(CC(C)C)C(=O)O1. The lowest BCUT2D eigenvalue weighted by atomic mass is 9.94. The van der Waals surface area contributed by atoms with Crippen LogP contribution < -0.4 is 37.6 Å². The quantitative estimate of drug-likeness (QED) is 0.0760. The van der Waals surface area contributed by atoms with Crippen LogP contribution >= 0.6 is 0 Å². The van der Waals surface area contributed by atoms with Crippen LogP contribution in [0.4, 0.5) is 0 Å². The summed E-state index contributed by atoms with van der Waals surface area (Å²) in [6.45, 7) is 11.6. The number of phenolic OH excluding ortho intramolecular Hbond substituents is 1. The summed E-state index contributed by atoms with van der Waals surface area (Å²) in [4.78, 5) is 108. The van der Waals surface area contributed by atoms with E-state index in [-0.39, 0.29) is 43.3 Å². The van der Waals surface area contributed by atoms with E-state index < -0.39 is 102 Å². The van der Waals surface area contributed by atoms with Gasteiger partial charge in [0, 0.05) is 12.8 Å². The lowest BCUT2D eigenvalue weighted by Gasteiger charge is -2.30. The highest BCUT2D eigenvalue weighted by Crippen LogP contribution is 2.22. The van der Waals surface area contributed by atoms with Crippen molar-refractivity contribution in [2.24, 2.45) is 17.6 Å². The van der Waals surface area contributed by atoms with Crippen LogP contribution in [0, 0.1) is 11.8 Å². The molecule has 18 nitrogen and oxygen atoms in total. The summed E-state index contributed by atoms with van der Waals surface area (Å²) in [5, 5.41) is 35.8. The van der Waals surface area contributed by atoms with Gasteiger partial charge in [-0.2, -0.15) is 0 Å². The number of amides is 7. The van der Waals surface area contributed by atoms with Gasteiger partial charge in [-0.1, -0.05) is 91.2 Å². The van der Waals surface area contributed by atoms with Gasteiger partial charge in [-0.3, -0.25) is 33.6 Å². The van der Waals surface area contributed by atoms with E-state index in [0.717, 1.165) is 38.5 Å². The third-order valence-corrected chi connectivity index (χ3v) is 11.0. The number of nitrogens with two attached hydrogens (primary N) is 1. The van der Waals surface area contributed by atoms with Crippen LogP contribution in [0.1, 0.15) is 138 Å². The van der Waals surface area contributed by atoms with Crippen LogP contribution in [0.25, 0.3) is 0 Å². The Hall–Kier alpha value is -5.26. The molecule has 10 N–H and O–H groups in total. The lowest BCUT2D eigenvalue weighted by Crippen LogP contribution is -2.60. The summed E-state index contributed by atoms with van der Waals surface area (Å²) in [7, 11) is 0. The zero-order valence-corrected chi connectivity index (χ0v) is 38.1. The molecule has 1 aromatic carbocycles. The second-order valence-electron chi connectivity index (χ2n) is 17.4. The Morgan fingerprint density at radius 2 is 1.24 bits per heavy atom. The number of esters is 1. The highest BCUT2D eigenvalue weighted by Gasteiger charge is 2.36. The molecule has 0 bridgehead atoms. The largest absolute Gasteiger partial charge is 0.508 e. The molecule has 1 aliphatic heterocycles. The van der Waals surface area contributed by atoms with E-state index in [1.54, 1.807) is 12.1 Å². The number of aliphatic hydroxyl groups excluding tert-OH is 1. The number of hydrogen-bond donors (Lipinski definition) is 9. The molecule has 1 saturated heterocycles. The van der Waals surface area contributed by atoms with Gasteiger partial charge in [-0.15, -0.1) is 0 Å². The van der Waals surface area contributed by atoms with Crippen molar-refractivity contribution in [1.82, 2.24) is 31.9 Å². The Bertz CT molecular complexity index is 1670. The molecule has 9 atom stereocenters. The van der Waals surface area contributed by atoms with Crippen molar-refractivity contribution < 1.29 is 53.3 Å². The number of rotatable bonds is 18. The fraction of sp³-hybridized carbons (Fsp3) is 0.689. The minimum Gasteiger partial charge on any atom is -0.508 e. The van der Waals surface area contributed by atoms with Gasteiger partial charge in [-0.25, -0.2) is 4.79 Å². The Kier molecular flexibility index (Phi) is 23.7. The molecule has 2 rings (SSSR count). The monoisotopic (exact) mass is 888 g/mol. The number of hydrogen-bond acceptors (Lipinski definition) is 11. The minimum absolute atomic E-state index is 0.0389. The number of phenols is 1. The van der Waals surface area contributed by atoms with Gasteiger partial charge in [0.25, 0.3) is 0 Å². The number of benzene rings is 1. The van der Waals surface area contributed by atoms with Gasteiger partial charge < -0.3 is 52.6 Å². The molecule has 7 amide bonds. The predicted octanol–water partition coefficient (Wildman–Crippen LogP) is 2.06. The fourth-order valence-corrected chi connectivity index (χ4v) is 7.13. The third-order valence-electron chi connectivity index (χ3n) is 11.0. The molecule has 1 aromatic rings. The summed E-state index contributed by atoms with van der Waals surface area (Å²) < 4.78 is 6.08. The Balaban J connectivity index is 2.60. The number of nitrogens with one attached hydrogen (secondary N) is 6. The molecular weight excluding hydrogens is 815 g/mol. The van der Waals surface area contributed by atoms with Gasteiger partial charge in [-0.05, 0) is 69.6 Å². The van der Waals surface area contributed by atoms with Crippen molar-refractivity contribution in [2.75, 3.05) is 0 Å². The normalized spacial score (nSPS) is 24.8. The van der Waals surface area contributed by atoms with E-state index in [9.17, 15) is 48.6 Å². The average Bonchev–Trinajstić information content (AvgIpc) is 3.21. The number of carbonyl (C=O) groups excluding carboxylic acids is 8. The number of aromatic hydroxyl groups is 1. The van der Waals surface area contributed by atoms with Gasteiger partial charge in [0.1, 0.15) is 48.1 Å². The fourth-order valence-electron chi connectivity index (χ4n) is 7.13. The highest BCUT2D eigenvalue weighted by atomic mass is 16.5. The standard InChI is InChI=1S/C45H73N7O11/c1-8-9-10-11-12-13-14-15-16-27(4)36-25-38(56)52-39(30(7)53)44(61)48-28(5)40(57)47-29(6)41(58)49-33(21-22-37(46)55)42(59)50-34(24-31-17-19-32(54)20-18-31)43(60)51-35(23-26(2)3)45(62)63-36/h17-20,26-30,33-36,39,53-54H,8-16,21-25H2,1-7H3,(H2,46,55)(H,47,57)(H,48,61)(H,49,58)(H,50,59)(H,51,60)(H,52,56). The van der Waals surface area contributed by atoms with Crippen molar-refractivity contribution in [3.8, 4) is 5.75 Å². The average molecular weight is 888 g/mol. The molecule has 1 fully saturated rings. The zero-order chi connectivity index (χ0) is 47.2. The molecule has 18 heteroatoms. The van der Waals surface area contributed by atoms with Crippen LogP contribution in [0.5, 0.6) is 5.75 Å². The first-order valence-electron chi connectivity index (χ1n) is 22.5. The minimum atomic E-state index is -1.52. The topological polar surface area (TPSA) is 284 Å². The molecule has 63 heavy (non-hydrogen) atoms. The van der Waals surface area contributed by atoms with Crippen molar-refractivity contribution in [1.29, 1.82) is 0 Å². The second-order valence-corrected chi connectivity index (χ2v) is 17.4. The van der Waals surface area contributed by atoms with Gasteiger partial charge >= 0.3 is 5.97 Å². The van der Waals surface area contributed by atoms with Crippen molar-refractivity contribution >= 4 is 47.3 Å². The zero-order valence-electron chi connectivity index (χ0n) is 38.1. The first-order valence-corrected chi connectivity index (χ1v) is 22.5. The first kappa shape index (κ1) is 53.9. The summed E-state index contributed by atoms with van der Waals surface area (Å²) >= 11 is 0. The second kappa shape index (κ2) is 27.7. The number of ether oxygens (including phenoxy) is 1. The van der Waals surface area contributed by atoms with E-state index in [1.807, 2.05) is 20.8 Å². The molecule has 0 spiro atoms. The van der Waals surface area contributed by atoms with E-state index in [2.05, 4.69) is 38.8 Å². The molecule has 1 aliphatic rings. The van der Waals surface area contributed by atoms with Crippen LogP contribution in [0.2, 0.25) is 0 Å². The molecule has 0 radical (unpaired) electrons. The lowest BCUT2D eigenvalue weighted by molar-refractivity contribution is -0.158. The summed E-state index contributed by atoms with van der Waals surface area (Å²) in [6, 6.07) is -2.22. The molecular formula is C45H73N7O11. The van der Waals surface area contributed by atoms with Gasteiger partial charge in [0.2, 0.25) is 41.4 Å². The molecule has 354 valence electrons. The van der Waals surface area contributed by atoms with E-state index in [0.29, 0.717) is 12.0 Å². The molecule has 0 aromatic heterocycles. The maximum atomic E-state index is 14.2. The summed E-state index contributed by atoms with van der Waals surface area (Å²) in [6.07, 6.45) is 5.70. The predicted molar refractivity (Wildman–Crippen MR) is 235 cm³/mol. The number of aliphatic hydroxyl groups is 1. The van der Waals surface area contributed by atoms with E-state index in [4.69, 9.17) is 10.5 Å². The smallest absolute Gasteiger partial charge is 0.328 e. The number of unbranched alkanes of at least 4 members (excludes halogenated alkanes) is 7. The Morgan fingerprint density at radius 1 is 0.714 bits per heavy atom. The Morgan fingerprint density at radius 3 is 1.81 bits per heavy atom. The molecule has 0 aliphatic carbocycles. The van der Waals surface area contributed by atoms with E-state index in [1.165, 1.54) is 45.7 Å². The van der Waals surface area contributed by atoms with E-state index >= 15 is 0 Å². The highest BCUT2D eigenvalue weighted by molar-refractivity contribution is 5.97. The van der Waals surface area contributed by atoms with Gasteiger partial charge in [0.05, 0.1) is 12.5 Å². The van der Waals surface area contributed by atoms with Gasteiger partial charge in [0.15, 0.2) is 0 Å². The van der Waals surface area contributed by atoms with Crippen molar-refractivity contribution in [3.05, 3.63) is 29.8 Å². The maximum absolute atomic E-state index is 14.2. The number of primary amides is 1. The summed E-state index contributed by atoms with van der Waals surface area (Å²) in [5.41, 5.74) is 5.90. The number of cyclic esters (lactones) is 1. The third kappa shape index (κ3) is 20.2. The van der Waals surface area contributed by atoms with Crippen LogP contribution in [0.15, 0.2) is 24.3 Å². The Labute approximate surface area is 371 Å². The molecule has 0 saturated carbocycles. The maximum Gasteiger partial charge on any atom is 0.328 e. The van der Waals surface area contributed by atoms with Crippen LogP contribution in [-0.4, -0.2) is 106 Å². The van der Waals surface area contributed by atoms with Crippen molar-refractivity contribution in [3.63, 3.8) is 0 Å². The molecule has 1 heterocycles.